The van der Waals surface area contributed by atoms with Crippen molar-refractivity contribution in [1.82, 2.24) is 0 Å². The van der Waals surface area contributed by atoms with Gasteiger partial charge >= 0.3 is 5.97 Å². The summed E-state index contributed by atoms with van der Waals surface area (Å²) < 4.78 is 10.3. The van der Waals surface area contributed by atoms with Gasteiger partial charge in [-0.25, -0.2) is 0 Å². The smallest absolute Gasteiger partial charge is 0.313 e. The highest BCUT2D eigenvalue weighted by atomic mass is 16.5. The second-order valence-electron chi connectivity index (χ2n) is 5.59. The summed E-state index contributed by atoms with van der Waals surface area (Å²) in [5.74, 6) is 0.238. The molecule has 0 aliphatic heterocycles. The Morgan fingerprint density at radius 3 is 2.24 bits per heavy atom. The molecule has 0 saturated heterocycles. The van der Waals surface area contributed by atoms with Crippen molar-refractivity contribution >= 4 is 5.97 Å². The van der Waals surface area contributed by atoms with E-state index in [1.807, 2.05) is 13.8 Å². The van der Waals surface area contributed by atoms with Crippen LogP contribution in [0.1, 0.15) is 39.5 Å². The lowest BCUT2D eigenvalue weighted by atomic mass is 9.76. The van der Waals surface area contributed by atoms with E-state index in [9.17, 15) is 4.79 Å². The first-order valence-corrected chi connectivity index (χ1v) is 6.25. The molecule has 1 atom stereocenters. The SMILES string of the molecule is COC(=O)C(CN)(CCC(C)(C)OC)C1CC1. The minimum absolute atomic E-state index is 0.158. The van der Waals surface area contributed by atoms with Gasteiger partial charge in [0.1, 0.15) is 0 Å². The summed E-state index contributed by atoms with van der Waals surface area (Å²) in [5, 5.41) is 0. The molecular formula is C13H25NO3. The Kier molecular flexibility index (Phi) is 4.55. The number of hydrogen-bond donors (Lipinski definition) is 1. The third-order valence-corrected chi connectivity index (χ3v) is 4.04. The molecule has 1 aliphatic carbocycles. The number of rotatable bonds is 7. The molecule has 1 saturated carbocycles. The number of methoxy groups -OCH3 is 2. The molecule has 4 nitrogen and oxygen atoms in total. The van der Waals surface area contributed by atoms with E-state index in [1.165, 1.54) is 7.11 Å². The Morgan fingerprint density at radius 1 is 1.29 bits per heavy atom. The van der Waals surface area contributed by atoms with Gasteiger partial charge in [0.05, 0.1) is 18.1 Å². The number of carbonyl (C=O) groups is 1. The Balaban J connectivity index is 2.73. The first-order valence-electron chi connectivity index (χ1n) is 6.25. The Hall–Kier alpha value is -0.610. The maximum absolute atomic E-state index is 12.0. The van der Waals surface area contributed by atoms with Crippen LogP contribution >= 0.6 is 0 Å². The minimum atomic E-state index is -0.495. The van der Waals surface area contributed by atoms with E-state index in [0.29, 0.717) is 12.5 Å². The lowest BCUT2D eigenvalue weighted by Gasteiger charge is -2.33. The third-order valence-electron chi connectivity index (χ3n) is 4.04. The van der Waals surface area contributed by atoms with Crippen LogP contribution in [0.15, 0.2) is 0 Å². The van der Waals surface area contributed by atoms with Gasteiger partial charge in [0, 0.05) is 13.7 Å². The molecule has 1 fully saturated rings. The van der Waals surface area contributed by atoms with Crippen LogP contribution in [0.3, 0.4) is 0 Å². The Morgan fingerprint density at radius 2 is 1.88 bits per heavy atom. The maximum Gasteiger partial charge on any atom is 0.313 e. The molecule has 0 radical (unpaired) electrons. The third kappa shape index (κ3) is 3.19. The predicted molar refractivity (Wildman–Crippen MR) is 66.5 cm³/mol. The Labute approximate surface area is 104 Å². The van der Waals surface area contributed by atoms with E-state index < -0.39 is 5.41 Å². The summed E-state index contributed by atoms with van der Waals surface area (Å²) >= 11 is 0. The molecule has 0 heterocycles. The van der Waals surface area contributed by atoms with Gasteiger partial charge in [-0.3, -0.25) is 4.79 Å². The van der Waals surface area contributed by atoms with Crippen molar-refractivity contribution in [2.45, 2.75) is 45.1 Å². The highest BCUT2D eigenvalue weighted by molar-refractivity contribution is 5.78. The zero-order chi connectivity index (χ0) is 13.1. The van der Waals surface area contributed by atoms with E-state index >= 15 is 0 Å². The molecule has 1 rings (SSSR count). The average Bonchev–Trinajstić information content (AvgIpc) is 3.14. The van der Waals surface area contributed by atoms with E-state index in [0.717, 1.165) is 25.7 Å². The summed E-state index contributed by atoms with van der Waals surface area (Å²) in [5.41, 5.74) is 5.14. The monoisotopic (exact) mass is 243 g/mol. The van der Waals surface area contributed by atoms with Crippen LogP contribution in [0.25, 0.3) is 0 Å². The van der Waals surface area contributed by atoms with Gasteiger partial charge in [0.25, 0.3) is 0 Å². The number of esters is 1. The zero-order valence-corrected chi connectivity index (χ0v) is 11.4. The average molecular weight is 243 g/mol. The highest BCUT2D eigenvalue weighted by Crippen LogP contribution is 2.49. The van der Waals surface area contributed by atoms with Gasteiger partial charge in [-0.2, -0.15) is 0 Å². The lowest BCUT2D eigenvalue weighted by molar-refractivity contribution is -0.155. The van der Waals surface area contributed by atoms with Crippen LogP contribution in [0.2, 0.25) is 0 Å². The van der Waals surface area contributed by atoms with E-state index in [-0.39, 0.29) is 11.6 Å². The summed E-state index contributed by atoms with van der Waals surface area (Å²) in [4.78, 5) is 12.0. The van der Waals surface area contributed by atoms with Crippen molar-refractivity contribution < 1.29 is 14.3 Å². The second-order valence-corrected chi connectivity index (χ2v) is 5.59. The molecule has 0 spiro atoms. The van der Waals surface area contributed by atoms with Gasteiger partial charge < -0.3 is 15.2 Å². The summed E-state index contributed by atoms with van der Waals surface area (Å²) in [6, 6.07) is 0. The molecule has 4 heteroatoms. The van der Waals surface area contributed by atoms with E-state index in [2.05, 4.69) is 0 Å². The first kappa shape index (κ1) is 14.5. The van der Waals surface area contributed by atoms with Crippen molar-refractivity contribution in [3.8, 4) is 0 Å². The molecule has 17 heavy (non-hydrogen) atoms. The molecule has 0 aromatic rings. The van der Waals surface area contributed by atoms with Crippen LogP contribution in [0, 0.1) is 11.3 Å². The Bertz CT molecular complexity index is 274. The van der Waals surface area contributed by atoms with Gasteiger partial charge in [0.15, 0.2) is 0 Å². The van der Waals surface area contributed by atoms with Crippen molar-refractivity contribution in [3.05, 3.63) is 0 Å². The standard InChI is InChI=1S/C13H25NO3/c1-12(2,17-4)7-8-13(9-14,10-5-6-10)11(15)16-3/h10H,5-9,14H2,1-4H3. The van der Waals surface area contributed by atoms with Crippen molar-refractivity contribution in [1.29, 1.82) is 0 Å². The van der Waals surface area contributed by atoms with Crippen LogP contribution in [-0.4, -0.2) is 32.3 Å². The van der Waals surface area contributed by atoms with Gasteiger partial charge in [-0.1, -0.05) is 0 Å². The molecule has 100 valence electrons. The normalized spacial score (nSPS) is 19.8. The maximum atomic E-state index is 12.0. The fraction of sp³-hybridized carbons (Fsp3) is 0.923. The lowest BCUT2D eigenvalue weighted by Crippen LogP contribution is -2.43. The van der Waals surface area contributed by atoms with E-state index in [1.54, 1.807) is 7.11 Å². The first-order chi connectivity index (χ1) is 7.91. The van der Waals surface area contributed by atoms with Crippen molar-refractivity contribution in [2.24, 2.45) is 17.1 Å². The zero-order valence-electron chi connectivity index (χ0n) is 11.4. The van der Waals surface area contributed by atoms with Gasteiger partial charge in [-0.15, -0.1) is 0 Å². The van der Waals surface area contributed by atoms with Crippen molar-refractivity contribution in [3.63, 3.8) is 0 Å². The molecular weight excluding hydrogens is 218 g/mol. The van der Waals surface area contributed by atoms with E-state index in [4.69, 9.17) is 15.2 Å². The molecule has 0 amide bonds. The highest BCUT2D eigenvalue weighted by Gasteiger charge is 2.51. The molecule has 1 aliphatic rings. The quantitative estimate of drug-likeness (QED) is 0.692. The summed E-state index contributed by atoms with van der Waals surface area (Å²) in [6.45, 7) is 4.42. The van der Waals surface area contributed by atoms with Crippen LogP contribution < -0.4 is 5.73 Å². The van der Waals surface area contributed by atoms with Crippen molar-refractivity contribution in [2.75, 3.05) is 20.8 Å². The minimum Gasteiger partial charge on any atom is -0.469 e. The van der Waals surface area contributed by atoms with Gasteiger partial charge in [-0.05, 0) is 45.4 Å². The van der Waals surface area contributed by atoms with Gasteiger partial charge in [0.2, 0.25) is 0 Å². The number of nitrogens with two attached hydrogens (primary N) is 1. The fourth-order valence-corrected chi connectivity index (χ4v) is 2.29. The molecule has 0 aromatic carbocycles. The molecule has 1 unspecified atom stereocenters. The van der Waals surface area contributed by atoms with Crippen LogP contribution in [0.4, 0.5) is 0 Å². The predicted octanol–water partition coefficient (Wildman–Crippen LogP) is 1.72. The summed E-state index contributed by atoms with van der Waals surface area (Å²) in [6.07, 6.45) is 3.72. The van der Waals surface area contributed by atoms with Crippen LogP contribution in [0.5, 0.6) is 0 Å². The second kappa shape index (κ2) is 5.36. The van der Waals surface area contributed by atoms with Crippen LogP contribution in [-0.2, 0) is 14.3 Å². The fourth-order valence-electron chi connectivity index (χ4n) is 2.29. The topological polar surface area (TPSA) is 61.5 Å². The number of ether oxygens (including phenoxy) is 2. The number of carbonyl (C=O) groups excluding carboxylic acids is 1. The molecule has 0 aromatic heterocycles. The molecule has 2 N–H and O–H groups in total. The molecule has 0 bridgehead atoms. The number of hydrogen-bond acceptors (Lipinski definition) is 4. The summed E-state index contributed by atoms with van der Waals surface area (Å²) in [7, 11) is 3.13. The largest absolute Gasteiger partial charge is 0.469 e.